The van der Waals surface area contributed by atoms with Crippen LogP contribution in [0.2, 0.25) is 0 Å². The zero-order chi connectivity index (χ0) is 12.3. The number of rotatable bonds is 6. The number of aliphatic carboxylic acids is 1. The van der Waals surface area contributed by atoms with Crippen LogP contribution >= 0.6 is 0 Å². The molecule has 0 saturated heterocycles. The highest BCUT2D eigenvalue weighted by Crippen LogP contribution is 2.19. The van der Waals surface area contributed by atoms with Gasteiger partial charge in [0.05, 0.1) is 12.6 Å². The van der Waals surface area contributed by atoms with Crippen molar-refractivity contribution in [3.05, 3.63) is 0 Å². The predicted octanol–water partition coefficient (Wildman–Crippen LogP) is 0.449. The maximum atomic E-state index is 11.8. The lowest BCUT2D eigenvalue weighted by atomic mass is 10.2. The molecule has 0 aromatic heterocycles. The molecule has 16 heavy (non-hydrogen) atoms. The Kier molecular flexibility index (Phi) is 4.29. The fourth-order valence-corrected chi connectivity index (χ4v) is 1.62. The summed E-state index contributed by atoms with van der Waals surface area (Å²) in [5.41, 5.74) is 0. The molecule has 1 amide bonds. The van der Waals surface area contributed by atoms with Crippen molar-refractivity contribution in [3.8, 4) is 0 Å². The molecule has 1 unspecified atom stereocenters. The average molecular weight is 228 g/mol. The normalized spacial score (nSPS) is 17.6. The van der Waals surface area contributed by atoms with Crippen molar-refractivity contribution in [1.82, 2.24) is 10.2 Å². The number of carboxylic acid groups (broad SMARTS) is 1. The second-order valence-corrected chi connectivity index (χ2v) is 4.62. The van der Waals surface area contributed by atoms with Crippen LogP contribution in [0.1, 0.15) is 33.6 Å². The van der Waals surface area contributed by atoms with Crippen LogP contribution in [0.5, 0.6) is 0 Å². The van der Waals surface area contributed by atoms with Crippen LogP contribution in [-0.2, 0) is 9.59 Å². The Bertz CT molecular complexity index is 274. The fraction of sp³-hybridized carbons (Fsp3) is 0.818. The lowest BCUT2D eigenvalue weighted by molar-refractivity contribution is -0.140. The molecule has 0 bridgehead atoms. The smallest absolute Gasteiger partial charge is 0.317 e. The van der Waals surface area contributed by atoms with E-state index in [1.807, 2.05) is 13.8 Å². The number of carbonyl (C=O) groups is 2. The fourth-order valence-electron chi connectivity index (χ4n) is 1.62. The van der Waals surface area contributed by atoms with E-state index in [-0.39, 0.29) is 18.5 Å². The van der Waals surface area contributed by atoms with E-state index < -0.39 is 12.0 Å². The molecule has 2 N–H and O–H groups in total. The molecule has 0 aliphatic heterocycles. The van der Waals surface area contributed by atoms with Crippen molar-refractivity contribution in [2.45, 2.75) is 51.7 Å². The summed E-state index contributed by atoms with van der Waals surface area (Å²) in [6.07, 6.45) is 2.08. The Labute approximate surface area is 95.8 Å². The molecule has 0 spiro atoms. The molecule has 0 heterocycles. The van der Waals surface area contributed by atoms with Gasteiger partial charge in [0.2, 0.25) is 5.91 Å². The largest absolute Gasteiger partial charge is 0.480 e. The van der Waals surface area contributed by atoms with E-state index in [9.17, 15) is 9.59 Å². The number of carboxylic acids is 1. The first-order valence-corrected chi connectivity index (χ1v) is 5.69. The van der Waals surface area contributed by atoms with Crippen molar-refractivity contribution in [2.75, 3.05) is 6.54 Å². The molecule has 5 heteroatoms. The number of hydrogen-bond acceptors (Lipinski definition) is 3. The summed E-state index contributed by atoms with van der Waals surface area (Å²) in [5, 5.41) is 11.7. The van der Waals surface area contributed by atoms with E-state index in [4.69, 9.17) is 5.11 Å². The molecular weight excluding hydrogens is 208 g/mol. The van der Waals surface area contributed by atoms with Gasteiger partial charge >= 0.3 is 5.97 Å². The zero-order valence-electron chi connectivity index (χ0n) is 10.1. The van der Waals surface area contributed by atoms with Crippen LogP contribution < -0.4 is 5.32 Å². The molecule has 0 aromatic carbocycles. The van der Waals surface area contributed by atoms with Crippen LogP contribution in [0.4, 0.5) is 0 Å². The third-order valence-corrected chi connectivity index (χ3v) is 2.78. The van der Waals surface area contributed by atoms with Crippen molar-refractivity contribution in [3.63, 3.8) is 0 Å². The Morgan fingerprint density at radius 3 is 2.31 bits per heavy atom. The molecule has 1 aliphatic carbocycles. The van der Waals surface area contributed by atoms with Crippen molar-refractivity contribution >= 4 is 11.9 Å². The van der Waals surface area contributed by atoms with Crippen LogP contribution in [0.3, 0.4) is 0 Å². The highest BCUT2D eigenvalue weighted by atomic mass is 16.4. The second-order valence-electron chi connectivity index (χ2n) is 4.62. The number of nitrogens with zero attached hydrogens (tertiary/aromatic N) is 1. The number of hydrogen-bond donors (Lipinski definition) is 2. The molecule has 1 saturated carbocycles. The first-order chi connectivity index (χ1) is 7.41. The van der Waals surface area contributed by atoms with Gasteiger partial charge in [0.15, 0.2) is 0 Å². The molecule has 92 valence electrons. The molecule has 5 nitrogen and oxygen atoms in total. The van der Waals surface area contributed by atoms with Crippen LogP contribution in [0.15, 0.2) is 0 Å². The predicted molar refractivity (Wildman–Crippen MR) is 60.1 cm³/mol. The summed E-state index contributed by atoms with van der Waals surface area (Å²) >= 11 is 0. The Hall–Kier alpha value is -1.10. The van der Waals surface area contributed by atoms with Crippen molar-refractivity contribution in [1.29, 1.82) is 0 Å². The number of carbonyl (C=O) groups excluding carboxylic acids is 1. The van der Waals surface area contributed by atoms with Gasteiger partial charge in [0.25, 0.3) is 0 Å². The van der Waals surface area contributed by atoms with Crippen molar-refractivity contribution in [2.24, 2.45) is 0 Å². The maximum absolute atomic E-state index is 11.8. The quantitative estimate of drug-likeness (QED) is 0.692. The molecule has 1 fully saturated rings. The minimum Gasteiger partial charge on any atom is -0.480 e. The van der Waals surface area contributed by atoms with Crippen molar-refractivity contribution < 1.29 is 14.7 Å². The maximum Gasteiger partial charge on any atom is 0.317 e. The summed E-state index contributed by atoms with van der Waals surface area (Å²) in [6, 6.07) is -0.0402. The standard InChI is InChI=1S/C11H20N2O3/c1-7(2)13(6-10(14)15)8(3)11(16)12-9-4-5-9/h7-9H,4-6H2,1-3H3,(H,12,16)(H,14,15). The van der Waals surface area contributed by atoms with Gasteiger partial charge in [-0.1, -0.05) is 0 Å². The lowest BCUT2D eigenvalue weighted by Gasteiger charge is -2.30. The topological polar surface area (TPSA) is 69.6 Å². The van der Waals surface area contributed by atoms with E-state index in [2.05, 4.69) is 5.32 Å². The Morgan fingerprint density at radius 1 is 1.38 bits per heavy atom. The number of amides is 1. The van der Waals surface area contributed by atoms with Crippen LogP contribution in [0, 0.1) is 0 Å². The number of nitrogens with one attached hydrogen (secondary N) is 1. The molecular formula is C11H20N2O3. The summed E-state index contributed by atoms with van der Waals surface area (Å²) in [7, 11) is 0. The summed E-state index contributed by atoms with van der Waals surface area (Å²) in [6.45, 7) is 5.44. The molecule has 1 atom stereocenters. The van der Waals surface area contributed by atoms with Gasteiger partial charge in [-0.25, -0.2) is 0 Å². The Morgan fingerprint density at radius 2 is 1.94 bits per heavy atom. The lowest BCUT2D eigenvalue weighted by Crippen LogP contribution is -2.50. The van der Waals surface area contributed by atoms with Gasteiger partial charge in [0, 0.05) is 12.1 Å². The third-order valence-electron chi connectivity index (χ3n) is 2.78. The minimum absolute atomic E-state index is 0.0380. The van der Waals surface area contributed by atoms with E-state index in [1.54, 1.807) is 11.8 Å². The molecule has 1 aliphatic rings. The van der Waals surface area contributed by atoms with E-state index in [0.29, 0.717) is 6.04 Å². The summed E-state index contributed by atoms with van der Waals surface area (Å²) in [5.74, 6) is -0.975. The SMILES string of the molecule is CC(C)N(CC(=O)O)C(C)C(=O)NC1CC1. The highest BCUT2D eigenvalue weighted by molar-refractivity contribution is 5.82. The van der Waals surface area contributed by atoms with E-state index >= 15 is 0 Å². The van der Waals surface area contributed by atoms with Crippen LogP contribution in [0.25, 0.3) is 0 Å². The zero-order valence-corrected chi connectivity index (χ0v) is 10.1. The average Bonchev–Trinajstić information content (AvgIpc) is 2.96. The monoisotopic (exact) mass is 228 g/mol. The van der Waals surface area contributed by atoms with Gasteiger partial charge < -0.3 is 10.4 Å². The second kappa shape index (κ2) is 5.30. The van der Waals surface area contributed by atoms with Gasteiger partial charge in [-0.05, 0) is 33.6 Å². The molecule has 0 radical (unpaired) electrons. The first kappa shape index (κ1) is 13.0. The van der Waals surface area contributed by atoms with E-state index in [0.717, 1.165) is 12.8 Å². The van der Waals surface area contributed by atoms with Crippen LogP contribution in [-0.4, -0.2) is 46.6 Å². The third kappa shape index (κ3) is 3.81. The summed E-state index contributed by atoms with van der Waals surface area (Å²) < 4.78 is 0. The Balaban J connectivity index is 2.53. The van der Waals surface area contributed by atoms with Gasteiger partial charge in [-0.3, -0.25) is 14.5 Å². The van der Waals surface area contributed by atoms with Gasteiger partial charge in [-0.15, -0.1) is 0 Å². The molecule has 1 rings (SSSR count). The van der Waals surface area contributed by atoms with Gasteiger partial charge in [-0.2, -0.15) is 0 Å². The first-order valence-electron chi connectivity index (χ1n) is 5.69. The molecule has 0 aromatic rings. The van der Waals surface area contributed by atoms with E-state index in [1.165, 1.54) is 0 Å². The minimum atomic E-state index is -0.903. The highest BCUT2D eigenvalue weighted by Gasteiger charge is 2.30. The summed E-state index contributed by atoms with van der Waals surface area (Å²) in [4.78, 5) is 24.2. The van der Waals surface area contributed by atoms with Gasteiger partial charge in [0.1, 0.15) is 0 Å².